The first-order chi connectivity index (χ1) is 15.1. The lowest BCUT2D eigenvalue weighted by Gasteiger charge is -2.09. The van der Waals surface area contributed by atoms with E-state index in [9.17, 15) is 4.79 Å². The number of hydrogen-bond acceptors (Lipinski definition) is 5. The SMILES string of the molecule is C=CCn1c(SCC(=O)Nc2ccc(C(C)C)cc2)nnc1-c1csc2ccccc12. The first-order valence-corrected chi connectivity index (χ1v) is 12.0. The Morgan fingerprint density at radius 2 is 1.97 bits per heavy atom. The molecule has 4 rings (SSSR count). The maximum absolute atomic E-state index is 12.5. The van der Waals surface area contributed by atoms with E-state index >= 15 is 0 Å². The summed E-state index contributed by atoms with van der Waals surface area (Å²) in [5, 5.41) is 15.7. The molecule has 31 heavy (non-hydrogen) atoms. The molecule has 158 valence electrons. The van der Waals surface area contributed by atoms with Gasteiger partial charge in [0.25, 0.3) is 0 Å². The number of thioether (sulfide) groups is 1. The van der Waals surface area contributed by atoms with Crippen molar-refractivity contribution < 1.29 is 4.79 Å². The number of nitrogens with one attached hydrogen (secondary N) is 1. The van der Waals surface area contributed by atoms with Crippen molar-refractivity contribution in [1.82, 2.24) is 14.8 Å². The van der Waals surface area contributed by atoms with E-state index in [1.807, 2.05) is 47.0 Å². The number of nitrogens with zero attached hydrogens (tertiary/aromatic N) is 3. The van der Waals surface area contributed by atoms with Gasteiger partial charge in [-0.15, -0.1) is 28.1 Å². The zero-order chi connectivity index (χ0) is 21.8. The number of carbonyl (C=O) groups is 1. The van der Waals surface area contributed by atoms with Gasteiger partial charge in [0.05, 0.1) is 5.75 Å². The highest BCUT2D eigenvalue weighted by atomic mass is 32.2. The molecule has 0 saturated carbocycles. The van der Waals surface area contributed by atoms with Crippen molar-refractivity contribution in [1.29, 1.82) is 0 Å². The Bertz CT molecular complexity index is 1210. The van der Waals surface area contributed by atoms with Crippen molar-refractivity contribution in [2.75, 3.05) is 11.1 Å². The number of amides is 1. The van der Waals surface area contributed by atoms with E-state index in [4.69, 9.17) is 0 Å². The summed E-state index contributed by atoms with van der Waals surface area (Å²) < 4.78 is 3.22. The standard InChI is InChI=1S/C24H24N4OS2/c1-4-13-28-23(20-14-30-21-8-6-5-7-19(20)21)26-27-24(28)31-15-22(29)25-18-11-9-17(10-12-18)16(2)3/h4-12,14,16H,1,13,15H2,2-3H3,(H,25,29). The highest BCUT2D eigenvalue weighted by molar-refractivity contribution is 7.99. The third-order valence-corrected chi connectivity index (χ3v) is 6.87. The Morgan fingerprint density at radius 1 is 1.19 bits per heavy atom. The van der Waals surface area contributed by atoms with Gasteiger partial charge in [0.15, 0.2) is 11.0 Å². The average Bonchev–Trinajstić information content (AvgIpc) is 3.37. The fourth-order valence-electron chi connectivity index (χ4n) is 3.32. The Hall–Kier alpha value is -2.90. The van der Waals surface area contributed by atoms with Crippen molar-refractivity contribution in [3.63, 3.8) is 0 Å². The van der Waals surface area contributed by atoms with Crippen LogP contribution >= 0.6 is 23.1 Å². The minimum absolute atomic E-state index is 0.0713. The zero-order valence-electron chi connectivity index (χ0n) is 17.5. The van der Waals surface area contributed by atoms with Crippen molar-refractivity contribution in [2.45, 2.75) is 31.5 Å². The van der Waals surface area contributed by atoms with Gasteiger partial charge in [0.2, 0.25) is 5.91 Å². The van der Waals surface area contributed by atoms with Gasteiger partial charge in [0.1, 0.15) is 0 Å². The van der Waals surface area contributed by atoms with Crippen LogP contribution in [0.2, 0.25) is 0 Å². The smallest absolute Gasteiger partial charge is 0.234 e. The summed E-state index contributed by atoms with van der Waals surface area (Å²) in [7, 11) is 0. The molecule has 0 aliphatic rings. The number of benzene rings is 2. The molecule has 5 nitrogen and oxygen atoms in total. The molecule has 0 spiro atoms. The molecule has 1 N–H and O–H groups in total. The summed E-state index contributed by atoms with van der Waals surface area (Å²) >= 11 is 3.07. The van der Waals surface area contributed by atoms with Crippen LogP contribution in [0.3, 0.4) is 0 Å². The van der Waals surface area contributed by atoms with E-state index < -0.39 is 0 Å². The molecule has 0 fully saturated rings. The second kappa shape index (κ2) is 9.49. The number of aromatic nitrogens is 3. The molecular weight excluding hydrogens is 424 g/mol. The Balaban J connectivity index is 1.48. The van der Waals surface area contributed by atoms with Crippen LogP contribution in [0.25, 0.3) is 21.5 Å². The predicted molar refractivity (Wildman–Crippen MR) is 131 cm³/mol. The average molecular weight is 449 g/mol. The van der Waals surface area contributed by atoms with Crippen LogP contribution in [0.1, 0.15) is 25.3 Å². The highest BCUT2D eigenvalue weighted by Crippen LogP contribution is 2.34. The molecule has 7 heteroatoms. The second-order valence-electron chi connectivity index (χ2n) is 7.46. The summed E-state index contributed by atoms with van der Waals surface area (Å²) in [5.41, 5.74) is 3.10. The fourth-order valence-corrected chi connectivity index (χ4v) is 5.00. The lowest BCUT2D eigenvalue weighted by atomic mass is 10.0. The van der Waals surface area contributed by atoms with Crippen LogP contribution in [-0.2, 0) is 11.3 Å². The summed E-state index contributed by atoms with van der Waals surface area (Å²) in [6, 6.07) is 16.2. The quantitative estimate of drug-likeness (QED) is 0.257. The zero-order valence-corrected chi connectivity index (χ0v) is 19.2. The van der Waals surface area contributed by atoms with Crippen molar-refractivity contribution in [2.24, 2.45) is 0 Å². The van der Waals surface area contributed by atoms with Gasteiger partial charge >= 0.3 is 0 Å². The monoisotopic (exact) mass is 448 g/mol. The first kappa shape index (κ1) is 21.3. The number of rotatable bonds is 8. The highest BCUT2D eigenvalue weighted by Gasteiger charge is 2.17. The van der Waals surface area contributed by atoms with E-state index in [2.05, 4.69) is 53.5 Å². The van der Waals surface area contributed by atoms with Crippen LogP contribution in [0.5, 0.6) is 0 Å². The maximum Gasteiger partial charge on any atom is 0.234 e. The summed E-state index contributed by atoms with van der Waals surface area (Å²) in [4.78, 5) is 12.5. The molecule has 0 unspecified atom stereocenters. The van der Waals surface area contributed by atoms with E-state index in [0.29, 0.717) is 17.6 Å². The fraction of sp³-hybridized carbons (Fsp3) is 0.208. The van der Waals surface area contributed by atoms with E-state index in [1.165, 1.54) is 22.0 Å². The van der Waals surface area contributed by atoms with Crippen LogP contribution < -0.4 is 5.32 Å². The predicted octanol–water partition coefficient (Wildman–Crippen LogP) is 6.20. The molecule has 0 aliphatic carbocycles. The van der Waals surface area contributed by atoms with Gasteiger partial charge in [-0.25, -0.2) is 0 Å². The van der Waals surface area contributed by atoms with Crippen molar-refractivity contribution in [3.05, 3.63) is 72.1 Å². The Labute approximate surface area is 190 Å². The van der Waals surface area contributed by atoms with Crippen LogP contribution in [0.4, 0.5) is 5.69 Å². The molecule has 1 amide bonds. The molecule has 0 saturated heterocycles. The molecular formula is C24H24N4OS2. The largest absolute Gasteiger partial charge is 0.325 e. The molecule has 0 aliphatic heterocycles. The van der Waals surface area contributed by atoms with E-state index in [1.54, 1.807) is 11.3 Å². The maximum atomic E-state index is 12.5. The normalized spacial score (nSPS) is 11.2. The van der Waals surface area contributed by atoms with E-state index in [-0.39, 0.29) is 11.7 Å². The molecule has 2 aromatic heterocycles. The van der Waals surface area contributed by atoms with Crippen LogP contribution in [0.15, 0.2) is 71.7 Å². The lowest BCUT2D eigenvalue weighted by molar-refractivity contribution is -0.113. The second-order valence-corrected chi connectivity index (χ2v) is 9.32. The van der Waals surface area contributed by atoms with Crippen molar-refractivity contribution >= 4 is 44.8 Å². The van der Waals surface area contributed by atoms with Gasteiger partial charge in [-0.2, -0.15) is 0 Å². The van der Waals surface area contributed by atoms with E-state index in [0.717, 1.165) is 22.5 Å². The molecule has 2 aromatic carbocycles. The summed E-state index contributed by atoms with van der Waals surface area (Å²) in [6.45, 7) is 8.75. The van der Waals surface area contributed by atoms with Crippen LogP contribution in [-0.4, -0.2) is 26.4 Å². The summed E-state index contributed by atoms with van der Waals surface area (Å²) in [5.74, 6) is 1.44. The number of allylic oxidation sites excluding steroid dienone is 1. The number of fused-ring (bicyclic) bond motifs is 1. The third kappa shape index (κ3) is 4.73. The minimum atomic E-state index is -0.0713. The summed E-state index contributed by atoms with van der Waals surface area (Å²) in [6.07, 6.45) is 1.82. The lowest BCUT2D eigenvalue weighted by Crippen LogP contribution is -2.14. The molecule has 2 heterocycles. The van der Waals surface area contributed by atoms with Gasteiger partial charge in [-0.1, -0.05) is 62.0 Å². The third-order valence-electron chi connectivity index (χ3n) is 4.94. The molecule has 0 bridgehead atoms. The van der Waals surface area contributed by atoms with Gasteiger partial charge in [-0.05, 0) is 29.7 Å². The topological polar surface area (TPSA) is 59.8 Å². The van der Waals surface area contributed by atoms with Gasteiger partial charge < -0.3 is 5.32 Å². The Kier molecular flexibility index (Phi) is 6.53. The molecule has 0 radical (unpaired) electrons. The number of hydrogen-bond donors (Lipinski definition) is 1. The minimum Gasteiger partial charge on any atom is -0.325 e. The number of anilines is 1. The number of thiophene rings is 1. The Morgan fingerprint density at radius 3 is 2.71 bits per heavy atom. The molecule has 0 atom stereocenters. The first-order valence-electron chi connectivity index (χ1n) is 10.1. The molecule has 4 aromatic rings. The van der Waals surface area contributed by atoms with Crippen LogP contribution in [0, 0.1) is 0 Å². The van der Waals surface area contributed by atoms with Gasteiger partial charge in [-0.3, -0.25) is 9.36 Å². The number of carbonyl (C=O) groups excluding carboxylic acids is 1. The van der Waals surface area contributed by atoms with Crippen molar-refractivity contribution in [3.8, 4) is 11.4 Å². The van der Waals surface area contributed by atoms with Gasteiger partial charge in [0, 0.05) is 33.3 Å².